The van der Waals surface area contributed by atoms with Crippen LogP contribution in [0, 0.1) is 11.3 Å². The number of hydrogen-bond acceptors (Lipinski definition) is 2. The van der Waals surface area contributed by atoms with Crippen molar-refractivity contribution in [2.75, 3.05) is 6.61 Å². The van der Waals surface area contributed by atoms with Crippen molar-refractivity contribution in [1.29, 1.82) is 0 Å². The molecule has 0 aliphatic heterocycles. The molecule has 1 aliphatic rings. The van der Waals surface area contributed by atoms with Gasteiger partial charge < -0.3 is 10.2 Å². The van der Waals surface area contributed by atoms with Gasteiger partial charge in [-0.25, -0.2) is 0 Å². The Hall–Kier alpha value is -1.02. The van der Waals surface area contributed by atoms with Gasteiger partial charge in [-0.1, -0.05) is 19.9 Å². The predicted octanol–water partition coefficient (Wildman–Crippen LogP) is 2.13. The molecule has 15 heavy (non-hydrogen) atoms. The van der Waals surface area contributed by atoms with Crippen LogP contribution >= 0.6 is 0 Å². The van der Waals surface area contributed by atoms with Gasteiger partial charge >= 0.3 is 0 Å². The fourth-order valence-electron chi connectivity index (χ4n) is 2.29. The number of aliphatic hydroxyl groups is 1. The average molecular weight is 206 g/mol. The monoisotopic (exact) mass is 206 g/mol. The summed E-state index contributed by atoms with van der Waals surface area (Å²) in [5.74, 6) is 0.829. The molecule has 2 rings (SSSR count). The number of hydrogen-bond donors (Lipinski definition) is 2. The van der Waals surface area contributed by atoms with E-state index in [1.807, 2.05) is 12.1 Å². The fourth-order valence-corrected chi connectivity index (χ4v) is 2.29. The fraction of sp³-hybridized carbons (Fsp3) is 0.538. The first-order valence-corrected chi connectivity index (χ1v) is 5.44. The van der Waals surface area contributed by atoms with Gasteiger partial charge in [0.1, 0.15) is 5.75 Å². The molecule has 0 saturated heterocycles. The van der Waals surface area contributed by atoms with Crippen molar-refractivity contribution >= 4 is 0 Å². The first kappa shape index (κ1) is 10.5. The van der Waals surface area contributed by atoms with Crippen molar-refractivity contribution in [2.24, 2.45) is 11.3 Å². The van der Waals surface area contributed by atoms with Crippen LogP contribution in [0.1, 0.15) is 25.0 Å². The van der Waals surface area contributed by atoms with E-state index in [1.165, 1.54) is 11.1 Å². The lowest BCUT2D eigenvalue weighted by Gasteiger charge is -2.29. The largest absolute Gasteiger partial charge is 0.508 e. The summed E-state index contributed by atoms with van der Waals surface area (Å²) in [4.78, 5) is 0. The lowest BCUT2D eigenvalue weighted by Crippen LogP contribution is -2.28. The van der Waals surface area contributed by atoms with Gasteiger partial charge in [0.15, 0.2) is 0 Å². The second kappa shape index (κ2) is 3.53. The first-order valence-electron chi connectivity index (χ1n) is 5.44. The molecule has 82 valence electrons. The van der Waals surface area contributed by atoms with Crippen LogP contribution in [-0.4, -0.2) is 16.8 Å². The molecule has 2 N–H and O–H groups in total. The minimum absolute atomic E-state index is 0.0331. The maximum atomic E-state index is 9.39. The SMILES string of the molecule is CC(C)(CO)C1Cc2ccc(O)cc2C1. The molecule has 1 aromatic rings. The molecule has 2 nitrogen and oxygen atoms in total. The van der Waals surface area contributed by atoms with Crippen molar-refractivity contribution in [2.45, 2.75) is 26.7 Å². The molecule has 0 heterocycles. The Morgan fingerprint density at radius 1 is 1.27 bits per heavy atom. The van der Waals surface area contributed by atoms with Gasteiger partial charge in [0.05, 0.1) is 0 Å². The summed E-state index contributed by atoms with van der Waals surface area (Å²) in [7, 11) is 0. The Morgan fingerprint density at radius 3 is 2.60 bits per heavy atom. The highest BCUT2D eigenvalue weighted by atomic mass is 16.3. The van der Waals surface area contributed by atoms with Crippen molar-refractivity contribution in [3.63, 3.8) is 0 Å². The zero-order chi connectivity index (χ0) is 11.1. The molecule has 0 aromatic heterocycles. The second-order valence-corrected chi connectivity index (χ2v) is 5.20. The van der Waals surface area contributed by atoms with Gasteiger partial charge in [-0.2, -0.15) is 0 Å². The van der Waals surface area contributed by atoms with Gasteiger partial charge in [0.2, 0.25) is 0 Å². The summed E-state index contributed by atoms with van der Waals surface area (Å²) < 4.78 is 0. The molecule has 1 aromatic carbocycles. The van der Waals surface area contributed by atoms with Crippen LogP contribution < -0.4 is 0 Å². The third-order valence-electron chi connectivity index (χ3n) is 3.64. The van der Waals surface area contributed by atoms with Crippen LogP contribution in [0.4, 0.5) is 0 Å². The number of fused-ring (bicyclic) bond motifs is 1. The van der Waals surface area contributed by atoms with E-state index in [1.54, 1.807) is 6.07 Å². The minimum Gasteiger partial charge on any atom is -0.508 e. The smallest absolute Gasteiger partial charge is 0.115 e. The lowest BCUT2D eigenvalue weighted by atomic mass is 9.78. The number of benzene rings is 1. The predicted molar refractivity (Wildman–Crippen MR) is 59.9 cm³/mol. The molecule has 0 spiro atoms. The maximum Gasteiger partial charge on any atom is 0.115 e. The standard InChI is InChI=1S/C13H18O2/c1-13(2,8-14)11-5-9-3-4-12(15)7-10(9)6-11/h3-4,7,11,14-15H,5-6,8H2,1-2H3. The summed E-state index contributed by atoms with van der Waals surface area (Å²) in [6.45, 7) is 4.42. The zero-order valence-electron chi connectivity index (χ0n) is 9.33. The second-order valence-electron chi connectivity index (χ2n) is 5.20. The van der Waals surface area contributed by atoms with Gasteiger partial charge in [-0.15, -0.1) is 0 Å². The molecule has 0 radical (unpaired) electrons. The number of phenols is 1. The topological polar surface area (TPSA) is 40.5 Å². The quantitative estimate of drug-likeness (QED) is 0.778. The van der Waals surface area contributed by atoms with E-state index in [4.69, 9.17) is 0 Å². The molecular formula is C13H18O2. The Kier molecular flexibility index (Phi) is 2.47. The Bertz CT molecular complexity index is 369. The minimum atomic E-state index is -0.0331. The van der Waals surface area contributed by atoms with Crippen molar-refractivity contribution < 1.29 is 10.2 Å². The number of aliphatic hydroxyl groups excluding tert-OH is 1. The molecule has 0 bridgehead atoms. The molecule has 0 fully saturated rings. The third kappa shape index (κ3) is 1.86. The summed E-state index contributed by atoms with van der Waals surface area (Å²) in [6.07, 6.45) is 1.99. The summed E-state index contributed by atoms with van der Waals surface area (Å²) in [6, 6.07) is 5.59. The summed E-state index contributed by atoms with van der Waals surface area (Å²) in [5, 5.41) is 18.7. The Balaban J connectivity index is 2.22. The van der Waals surface area contributed by atoms with Gasteiger partial charge in [-0.3, -0.25) is 0 Å². The molecule has 1 unspecified atom stereocenters. The summed E-state index contributed by atoms with van der Waals surface area (Å²) >= 11 is 0. The van der Waals surface area contributed by atoms with Crippen LogP contribution in [0.5, 0.6) is 5.75 Å². The Morgan fingerprint density at radius 2 is 1.93 bits per heavy atom. The van der Waals surface area contributed by atoms with Gasteiger partial charge in [0.25, 0.3) is 0 Å². The molecule has 1 atom stereocenters. The Labute approximate surface area is 90.6 Å². The normalized spacial score (nSPS) is 20.3. The lowest BCUT2D eigenvalue weighted by molar-refractivity contribution is 0.101. The van der Waals surface area contributed by atoms with Crippen LogP contribution in [0.25, 0.3) is 0 Å². The third-order valence-corrected chi connectivity index (χ3v) is 3.64. The molecule has 2 heteroatoms. The maximum absolute atomic E-state index is 9.39. The number of aromatic hydroxyl groups is 1. The van der Waals surface area contributed by atoms with Crippen molar-refractivity contribution in [1.82, 2.24) is 0 Å². The van der Waals surface area contributed by atoms with Crippen molar-refractivity contribution in [3.8, 4) is 5.75 Å². The molecule has 0 amide bonds. The van der Waals surface area contributed by atoms with Crippen LogP contribution in [0.2, 0.25) is 0 Å². The van der Waals surface area contributed by atoms with Gasteiger partial charge in [0, 0.05) is 6.61 Å². The molecular weight excluding hydrogens is 188 g/mol. The summed E-state index contributed by atoms with van der Waals surface area (Å²) in [5.41, 5.74) is 2.52. The highest BCUT2D eigenvalue weighted by molar-refractivity contribution is 5.38. The first-order chi connectivity index (χ1) is 7.03. The number of phenolic OH excluding ortho intramolecular Hbond substituents is 1. The van der Waals surface area contributed by atoms with Crippen LogP contribution in [0.3, 0.4) is 0 Å². The van der Waals surface area contributed by atoms with E-state index in [0.717, 1.165) is 12.8 Å². The van der Waals surface area contributed by atoms with E-state index < -0.39 is 0 Å². The van der Waals surface area contributed by atoms with E-state index in [-0.39, 0.29) is 12.0 Å². The van der Waals surface area contributed by atoms with Crippen LogP contribution in [-0.2, 0) is 12.8 Å². The van der Waals surface area contributed by atoms with Crippen molar-refractivity contribution in [3.05, 3.63) is 29.3 Å². The highest BCUT2D eigenvalue weighted by Gasteiger charge is 2.33. The highest BCUT2D eigenvalue weighted by Crippen LogP contribution is 2.39. The van der Waals surface area contributed by atoms with Gasteiger partial charge in [-0.05, 0) is 47.4 Å². The van der Waals surface area contributed by atoms with E-state index >= 15 is 0 Å². The molecule has 1 aliphatic carbocycles. The van der Waals surface area contributed by atoms with Crippen LogP contribution in [0.15, 0.2) is 18.2 Å². The van der Waals surface area contributed by atoms with E-state index in [2.05, 4.69) is 13.8 Å². The zero-order valence-corrected chi connectivity index (χ0v) is 9.33. The van der Waals surface area contributed by atoms with E-state index in [0.29, 0.717) is 11.7 Å². The molecule has 0 saturated carbocycles. The number of rotatable bonds is 2. The average Bonchev–Trinajstić information content (AvgIpc) is 2.61. The van der Waals surface area contributed by atoms with E-state index in [9.17, 15) is 10.2 Å².